The summed E-state index contributed by atoms with van der Waals surface area (Å²) in [6.07, 6.45) is 5.09. The lowest BCUT2D eigenvalue weighted by atomic mass is 10.0. The molecule has 2 nitrogen and oxygen atoms in total. The number of nitrogens with zero attached hydrogens (tertiary/aromatic N) is 1. The molecule has 1 unspecified atom stereocenters. The minimum Gasteiger partial charge on any atom is -0.367 e. The molecule has 0 spiro atoms. The molecule has 0 aromatic rings. The Balaban J connectivity index is 2.17. The van der Waals surface area contributed by atoms with Crippen LogP contribution in [0.4, 0.5) is 0 Å². The first kappa shape index (κ1) is 10.3. The lowest BCUT2D eigenvalue weighted by Gasteiger charge is -1.98. The number of ether oxygens (including phenoxy) is 1. The number of hydrogen-bond acceptors (Lipinski definition) is 2. The van der Waals surface area contributed by atoms with Gasteiger partial charge in [-0.15, -0.1) is 0 Å². The zero-order valence-electron chi connectivity index (χ0n) is 8.63. The highest BCUT2D eigenvalue weighted by atomic mass is 16.6. The van der Waals surface area contributed by atoms with Gasteiger partial charge in [-0.25, -0.2) is 0 Å². The van der Waals surface area contributed by atoms with E-state index in [2.05, 4.69) is 26.8 Å². The lowest BCUT2D eigenvalue weighted by molar-refractivity contribution is 0.320. The van der Waals surface area contributed by atoms with Crippen LogP contribution in [0.2, 0.25) is 0 Å². The third kappa shape index (κ3) is 3.20. The predicted molar refractivity (Wildman–Crippen MR) is 52.2 cm³/mol. The SMILES string of the molecule is C/C(=C\CC#N)CCC1OC1(C)C. The van der Waals surface area contributed by atoms with E-state index in [1.165, 1.54) is 5.57 Å². The van der Waals surface area contributed by atoms with E-state index in [1.54, 1.807) is 0 Å². The first-order valence-electron chi connectivity index (χ1n) is 4.76. The molecule has 72 valence electrons. The first-order valence-corrected chi connectivity index (χ1v) is 4.76. The maximum absolute atomic E-state index is 8.37. The molecule has 0 aromatic carbocycles. The van der Waals surface area contributed by atoms with Crippen molar-refractivity contribution in [1.82, 2.24) is 0 Å². The maximum Gasteiger partial charge on any atom is 0.0892 e. The van der Waals surface area contributed by atoms with E-state index < -0.39 is 0 Å². The second kappa shape index (κ2) is 3.93. The van der Waals surface area contributed by atoms with Crippen LogP contribution in [-0.2, 0) is 4.74 Å². The molecule has 13 heavy (non-hydrogen) atoms. The van der Waals surface area contributed by atoms with Crippen molar-refractivity contribution in [2.45, 2.75) is 51.7 Å². The van der Waals surface area contributed by atoms with Crippen LogP contribution in [-0.4, -0.2) is 11.7 Å². The van der Waals surface area contributed by atoms with Gasteiger partial charge in [0.25, 0.3) is 0 Å². The fourth-order valence-electron chi connectivity index (χ4n) is 1.42. The Labute approximate surface area is 80.2 Å². The Morgan fingerprint density at radius 3 is 2.69 bits per heavy atom. The van der Waals surface area contributed by atoms with Gasteiger partial charge in [-0.2, -0.15) is 5.26 Å². The maximum atomic E-state index is 8.37. The van der Waals surface area contributed by atoms with Gasteiger partial charge in [-0.1, -0.05) is 11.6 Å². The minimum atomic E-state index is 0.107. The molecule has 1 aliphatic rings. The third-order valence-corrected chi connectivity index (χ3v) is 2.51. The quantitative estimate of drug-likeness (QED) is 0.491. The Morgan fingerprint density at radius 2 is 2.23 bits per heavy atom. The fraction of sp³-hybridized carbons (Fsp3) is 0.727. The summed E-state index contributed by atoms with van der Waals surface area (Å²) in [5.41, 5.74) is 1.41. The number of allylic oxidation sites excluding steroid dienone is 2. The Morgan fingerprint density at radius 1 is 1.62 bits per heavy atom. The average molecular weight is 179 g/mol. The van der Waals surface area contributed by atoms with Crippen LogP contribution in [0.5, 0.6) is 0 Å². The molecule has 1 fully saturated rings. The predicted octanol–water partition coefficient (Wildman–Crippen LogP) is 2.80. The van der Waals surface area contributed by atoms with E-state index in [1.807, 2.05) is 6.08 Å². The summed E-state index contributed by atoms with van der Waals surface area (Å²) in [6.45, 7) is 6.31. The summed E-state index contributed by atoms with van der Waals surface area (Å²) < 4.78 is 5.47. The van der Waals surface area contributed by atoms with Crippen molar-refractivity contribution in [1.29, 1.82) is 5.26 Å². The first-order chi connectivity index (χ1) is 6.06. The molecule has 0 saturated carbocycles. The molecule has 1 atom stereocenters. The van der Waals surface area contributed by atoms with Crippen molar-refractivity contribution in [2.75, 3.05) is 0 Å². The van der Waals surface area contributed by atoms with E-state index in [0.717, 1.165) is 12.8 Å². The van der Waals surface area contributed by atoms with Gasteiger partial charge in [-0.05, 0) is 33.6 Å². The zero-order chi connectivity index (χ0) is 9.90. The Kier molecular flexibility index (Phi) is 3.11. The van der Waals surface area contributed by atoms with E-state index in [9.17, 15) is 0 Å². The number of epoxide rings is 1. The second-order valence-corrected chi connectivity index (χ2v) is 4.16. The molecule has 1 saturated heterocycles. The molecule has 0 radical (unpaired) electrons. The normalized spacial score (nSPS) is 25.4. The molecular formula is C11H17NO. The summed E-state index contributed by atoms with van der Waals surface area (Å²) >= 11 is 0. The van der Waals surface area contributed by atoms with Gasteiger partial charge in [0.15, 0.2) is 0 Å². The largest absolute Gasteiger partial charge is 0.367 e. The van der Waals surface area contributed by atoms with Crippen LogP contribution in [0, 0.1) is 11.3 Å². The monoisotopic (exact) mass is 179 g/mol. The fourth-order valence-corrected chi connectivity index (χ4v) is 1.42. The zero-order valence-corrected chi connectivity index (χ0v) is 8.63. The second-order valence-electron chi connectivity index (χ2n) is 4.16. The van der Waals surface area contributed by atoms with Crippen molar-refractivity contribution in [3.8, 4) is 6.07 Å². The molecule has 1 aliphatic heterocycles. The van der Waals surface area contributed by atoms with Crippen molar-refractivity contribution in [2.24, 2.45) is 0 Å². The van der Waals surface area contributed by atoms with Gasteiger partial charge in [0.2, 0.25) is 0 Å². The Bertz CT molecular complexity index is 247. The minimum absolute atomic E-state index is 0.107. The van der Waals surface area contributed by atoms with Crippen molar-refractivity contribution >= 4 is 0 Å². The third-order valence-electron chi connectivity index (χ3n) is 2.51. The van der Waals surface area contributed by atoms with Gasteiger partial charge in [0.05, 0.1) is 24.2 Å². The van der Waals surface area contributed by atoms with Crippen LogP contribution < -0.4 is 0 Å². The molecule has 0 amide bonds. The van der Waals surface area contributed by atoms with E-state index in [0.29, 0.717) is 12.5 Å². The highest BCUT2D eigenvalue weighted by Crippen LogP contribution is 2.38. The topological polar surface area (TPSA) is 36.3 Å². The number of hydrogen-bond donors (Lipinski definition) is 0. The van der Waals surface area contributed by atoms with Crippen molar-refractivity contribution in [3.63, 3.8) is 0 Å². The molecule has 0 aliphatic carbocycles. The molecule has 0 N–H and O–H groups in total. The van der Waals surface area contributed by atoms with E-state index in [4.69, 9.17) is 10.00 Å². The van der Waals surface area contributed by atoms with Gasteiger partial charge in [0.1, 0.15) is 0 Å². The number of rotatable bonds is 4. The lowest BCUT2D eigenvalue weighted by Crippen LogP contribution is -2.02. The highest BCUT2D eigenvalue weighted by Gasteiger charge is 2.46. The van der Waals surface area contributed by atoms with Crippen molar-refractivity contribution < 1.29 is 4.74 Å². The number of nitriles is 1. The van der Waals surface area contributed by atoms with Gasteiger partial charge < -0.3 is 4.74 Å². The van der Waals surface area contributed by atoms with Crippen LogP contribution in [0.25, 0.3) is 0 Å². The summed E-state index contributed by atoms with van der Waals surface area (Å²) in [5.74, 6) is 0. The molecule has 0 aromatic heterocycles. The van der Waals surface area contributed by atoms with Crippen LogP contribution in [0.15, 0.2) is 11.6 Å². The summed E-state index contributed by atoms with van der Waals surface area (Å²) in [5, 5.41) is 8.37. The summed E-state index contributed by atoms with van der Waals surface area (Å²) in [4.78, 5) is 0. The van der Waals surface area contributed by atoms with Crippen molar-refractivity contribution in [3.05, 3.63) is 11.6 Å². The van der Waals surface area contributed by atoms with Crippen LogP contribution in [0.1, 0.15) is 40.0 Å². The Hall–Kier alpha value is -0.810. The highest BCUT2D eigenvalue weighted by molar-refractivity contribution is 5.04. The average Bonchev–Trinajstić information content (AvgIpc) is 2.67. The summed E-state index contributed by atoms with van der Waals surface area (Å²) in [7, 11) is 0. The molecule has 2 heteroatoms. The van der Waals surface area contributed by atoms with Crippen LogP contribution in [0.3, 0.4) is 0 Å². The van der Waals surface area contributed by atoms with Gasteiger partial charge in [0, 0.05) is 0 Å². The van der Waals surface area contributed by atoms with E-state index in [-0.39, 0.29) is 5.60 Å². The molecule has 1 heterocycles. The summed E-state index contributed by atoms with van der Waals surface area (Å²) in [6, 6.07) is 2.11. The van der Waals surface area contributed by atoms with Crippen LogP contribution >= 0.6 is 0 Å². The van der Waals surface area contributed by atoms with Gasteiger partial charge >= 0.3 is 0 Å². The standard InChI is InChI=1S/C11H17NO/c1-9(5-4-8-12)6-7-10-11(2,3)13-10/h5,10H,4,6-7H2,1-3H3/b9-5+. The molecule has 0 bridgehead atoms. The van der Waals surface area contributed by atoms with E-state index >= 15 is 0 Å². The van der Waals surface area contributed by atoms with Gasteiger partial charge in [-0.3, -0.25) is 0 Å². The molecule has 1 rings (SSSR count). The molecular weight excluding hydrogens is 162 g/mol. The smallest absolute Gasteiger partial charge is 0.0892 e.